The van der Waals surface area contributed by atoms with Crippen LogP contribution in [0.2, 0.25) is 5.15 Å². The third-order valence-electron chi connectivity index (χ3n) is 4.85. The Bertz CT molecular complexity index is 1110. The van der Waals surface area contributed by atoms with E-state index < -0.39 is 11.2 Å². The first-order valence-corrected chi connectivity index (χ1v) is 9.86. The number of aromatic nitrogens is 4. The fourth-order valence-corrected chi connectivity index (χ4v) is 3.36. The van der Waals surface area contributed by atoms with Gasteiger partial charge in [0.25, 0.3) is 5.56 Å². The van der Waals surface area contributed by atoms with Gasteiger partial charge in [-0.3, -0.25) is 14.3 Å². The van der Waals surface area contributed by atoms with E-state index in [2.05, 4.69) is 9.97 Å². The molecule has 0 unspecified atom stereocenters. The Balaban J connectivity index is 2.02. The molecule has 160 valence electrons. The van der Waals surface area contributed by atoms with Gasteiger partial charge in [0.05, 0.1) is 19.3 Å². The van der Waals surface area contributed by atoms with E-state index in [1.807, 2.05) is 30.3 Å². The van der Waals surface area contributed by atoms with Gasteiger partial charge in [-0.25, -0.2) is 9.78 Å². The molecule has 3 N–H and O–H groups in total. The Hall–Kier alpha value is -3.04. The fourth-order valence-electron chi connectivity index (χ4n) is 3.22. The van der Waals surface area contributed by atoms with Crippen molar-refractivity contribution < 1.29 is 4.74 Å². The maximum atomic E-state index is 12.7. The van der Waals surface area contributed by atoms with Crippen LogP contribution in [0.3, 0.4) is 0 Å². The van der Waals surface area contributed by atoms with E-state index in [4.69, 9.17) is 22.1 Å². The first-order valence-electron chi connectivity index (χ1n) is 9.49. The largest absolute Gasteiger partial charge is 0.385 e. The van der Waals surface area contributed by atoms with Crippen LogP contribution >= 0.6 is 11.6 Å². The molecule has 1 aromatic carbocycles. The number of rotatable bonds is 9. The van der Waals surface area contributed by atoms with E-state index in [0.717, 1.165) is 5.56 Å². The molecule has 0 atom stereocenters. The van der Waals surface area contributed by atoms with Gasteiger partial charge < -0.3 is 19.9 Å². The third-order valence-corrected chi connectivity index (χ3v) is 5.20. The fraction of sp³-hybridized carbons (Fsp3) is 0.350. The van der Waals surface area contributed by atoms with Gasteiger partial charge in [-0.15, -0.1) is 0 Å². The molecule has 0 aliphatic heterocycles. The summed E-state index contributed by atoms with van der Waals surface area (Å²) in [6.07, 6.45) is 2.21. The van der Waals surface area contributed by atoms with Crippen LogP contribution in [0.5, 0.6) is 0 Å². The summed E-state index contributed by atoms with van der Waals surface area (Å²) in [7, 11) is 3.41. The molecule has 3 aromatic rings. The van der Waals surface area contributed by atoms with Gasteiger partial charge in [0.1, 0.15) is 22.5 Å². The van der Waals surface area contributed by atoms with Crippen molar-refractivity contribution in [1.82, 2.24) is 19.1 Å². The van der Waals surface area contributed by atoms with E-state index in [-0.39, 0.29) is 18.1 Å². The lowest BCUT2D eigenvalue weighted by Gasteiger charge is -2.26. The number of halogens is 1. The highest BCUT2D eigenvalue weighted by molar-refractivity contribution is 6.29. The van der Waals surface area contributed by atoms with Crippen LogP contribution in [0.4, 0.5) is 11.5 Å². The molecule has 30 heavy (non-hydrogen) atoms. The molecular formula is C20H25ClN6O3. The standard InChI is InChI=1S/C20H25ClN6O3/c1-25-15(21)11-23-16(25)13-26(9-6-10-30-2)17-18(22)27(20(29)24-19(17)28)12-14-7-4-3-5-8-14/h3-5,7-8,11H,6,9-10,12-13,22H2,1-2H3,(H,24,28,29). The lowest BCUT2D eigenvalue weighted by Crippen LogP contribution is -2.39. The number of nitrogens with one attached hydrogen (secondary N) is 1. The van der Waals surface area contributed by atoms with Crippen molar-refractivity contribution in [2.45, 2.75) is 19.5 Å². The van der Waals surface area contributed by atoms with Gasteiger partial charge in [-0.05, 0) is 12.0 Å². The molecule has 2 aromatic heterocycles. The van der Waals surface area contributed by atoms with Crippen LogP contribution in [0.1, 0.15) is 17.8 Å². The summed E-state index contributed by atoms with van der Waals surface area (Å²) in [5.41, 5.74) is 6.37. The van der Waals surface area contributed by atoms with Crippen LogP contribution in [0.25, 0.3) is 0 Å². The molecule has 0 saturated heterocycles. The molecule has 9 nitrogen and oxygen atoms in total. The maximum Gasteiger partial charge on any atom is 0.330 e. The number of methoxy groups -OCH3 is 1. The summed E-state index contributed by atoms with van der Waals surface area (Å²) in [5.74, 6) is 0.766. The quantitative estimate of drug-likeness (QED) is 0.497. The normalized spacial score (nSPS) is 11.0. The van der Waals surface area contributed by atoms with Crippen molar-refractivity contribution in [3.8, 4) is 0 Å². The number of H-pyrrole nitrogens is 1. The summed E-state index contributed by atoms with van der Waals surface area (Å²) >= 11 is 6.11. The van der Waals surface area contributed by atoms with E-state index in [0.29, 0.717) is 37.1 Å². The smallest absolute Gasteiger partial charge is 0.330 e. The number of nitrogens with zero attached hydrogens (tertiary/aromatic N) is 4. The van der Waals surface area contributed by atoms with E-state index in [1.54, 1.807) is 29.8 Å². The monoisotopic (exact) mass is 432 g/mol. The first-order chi connectivity index (χ1) is 14.4. The van der Waals surface area contributed by atoms with Gasteiger partial charge in [0.15, 0.2) is 0 Å². The number of nitrogens with two attached hydrogens (primary N) is 1. The Morgan fingerprint density at radius 2 is 2.00 bits per heavy atom. The van der Waals surface area contributed by atoms with Crippen molar-refractivity contribution in [2.75, 3.05) is 30.9 Å². The Morgan fingerprint density at radius 1 is 1.27 bits per heavy atom. The molecule has 0 spiro atoms. The summed E-state index contributed by atoms with van der Waals surface area (Å²) < 4.78 is 8.24. The number of ether oxygens (including phenoxy) is 1. The maximum absolute atomic E-state index is 12.7. The molecule has 3 rings (SSSR count). The number of anilines is 2. The first kappa shape index (κ1) is 21.7. The molecule has 0 bridgehead atoms. The van der Waals surface area contributed by atoms with Crippen LogP contribution in [-0.2, 0) is 24.9 Å². The molecule has 2 heterocycles. The predicted octanol–water partition coefficient (Wildman–Crippen LogP) is 1.60. The average molecular weight is 433 g/mol. The van der Waals surface area contributed by atoms with Crippen LogP contribution in [-0.4, -0.2) is 39.4 Å². The summed E-state index contributed by atoms with van der Waals surface area (Å²) in [5, 5.41) is 0.484. The van der Waals surface area contributed by atoms with Crippen LogP contribution in [0.15, 0.2) is 46.1 Å². The summed E-state index contributed by atoms with van der Waals surface area (Å²) in [4.78, 5) is 33.7. The zero-order valence-corrected chi connectivity index (χ0v) is 17.7. The van der Waals surface area contributed by atoms with Crippen LogP contribution in [0, 0.1) is 0 Å². The van der Waals surface area contributed by atoms with Gasteiger partial charge in [-0.1, -0.05) is 41.9 Å². The highest BCUT2D eigenvalue weighted by Crippen LogP contribution is 2.21. The molecule has 0 saturated carbocycles. The second-order valence-corrected chi connectivity index (χ2v) is 7.28. The number of nitrogen functional groups attached to an aromatic ring is 1. The SMILES string of the molecule is COCCCN(Cc1ncc(Cl)n1C)c1c(N)n(Cc2ccccc2)c(=O)[nH]c1=O. The molecule has 0 fully saturated rings. The van der Waals surface area contributed by atoms with Crippen molar-refractivity contribution in [2.24, 2.45) is 7.05 Å². The van der Waals surface area contributed by atoms with Crippen LogP contribution < -0.4 is 21.9 Å². The third kappa shape index (κ3) is 4.74. The van der Waals surface area contributed by atoms with Gasteiger partial charge in [0, 0.05) is 27.3 Å². The zero-order chi connectivity index (χ0) is 21.7. The molecule has 0 aliphatic rings. The number of hydrogen-bond acceptors (Lipinski definition) is 6. The Labute approximate surface area is 178 Å². The lowest BCUT2D eigenvalue weighted by atomic mass is 10.2. The minimum Gasteiger partial charge on any atom is -0.385 e. The highest BCUT2D eigenvalue weighted by Gasteiger charge is 2.21. The van der Waals surface area contributed by atoms with Gasteiger partial charge in [-0.2, -0.15) is 0 Å². The minimum atomic E-state index is -0.554. The summed E-state index contributed by atoms with van der Waals surface area (Å²) in [6, 6.07) is 9.44. The molecule has 10 heteroatoms. The van der Waals surface area contributed by atoms with E-state index in [9.17, 15) is 9.59 Å². The van der Waals surface area contributed by atoms with Crippen molar-refractivity contribution >= 4 is 23.1 Å². The summed E-state index contributed by atoms with van der Waals surface area (Å²) in [6.45, 7) is 1.54. The number of hydrogen-bond donors (Lipinski definition) is 2. The Kier molecular flexibility index (Phi) is 6.96. The zero-order valence-electron chi connectivity index (χ0n) is 17.0. The molecule has 0 aliphatic carbocycles. The second kappa shape index (κ2) is 9.64. The average Bonchev–Trinajstić information content (AvgIpc) is 3.04. The molecule has 0 radical (unpaired) electrons. The van der Waals surface area contributed by atoms with Crippen molar-refractivity contribution in [1.29, 1.82) is 0 Å². The topological polar surface area (TPSA) is 111 Å². The van der Waals surface area contributed by atoms with Gasteiger partial charge >= 0.3 is 5.69 Å². The second-order valence-electron chi connectivity index (χ2n) is 6.89. The predicted molar refractivity (Wildman–Crippen MR) is 117 cm³/mol. The molecular weight excluding hydrogens is 408 g/mol. The number of benzene rings is 1. The van der Waals surface area contributed by atoms with E-state index in [1.165, 1.54) is 4.57 Å². The minimum absolute atomic E-state index is 0.102. The number of aromatic amines is 1. The lowest BCUT2D eigenvalue weighted by molar-refractivity contribution is 0.196. The van der Waals surface area contributed by atoms with Crippen molar-refractivity contribution in [3.05, 3.63) is 73.9 Å². The Morgan fingerprint density at radius 3 is 2.63 bits per heavy atom. The highest BCUT2D eigenvalue weighted by atomic mass is 35.5. The van der Waals surface area contributed by atoms with E-state index >= 15 is 0 Å². The number of imidazole rings is 1. The van der Waals surface area contributed by atoms with Gasteiger partial charge in [0.2, 0.25) is 0 Å². The van der Waals surface area contributed by atoms with Crippen molar-refractivity contribution in [3.63, 3.8) is 0 Å². The molecule has 0 amide bonds.